The molecule has 24 heteroatoms. The highest BCUT2D eigenvalue weighted by molar-refractivity contribution is 7.87. The van der Waals surface area contributed by atoms with Gasteiger partial charge in [0.05, 0.1) is 5.69 Å². The third-order valence-electron chi connectivity index (χ3n) is 5.13. The monoisotopic (exact) mass is 699 g/mol. The summed E-state index contributed by atoms with van der Waals surface area (Å²) in [6.45, 7) is 0.833. The summed E-state index contributed by atoms with van der Waals surface area (Å²) in [6, 6.07) is 1.49. The first-order chi connectivity index (χ1) is 20.1. The third kappa shape index (κ3) is 8.01. The van der Waals surface area contributed by atoms with E-state index in [9.17, 15) is 57.3 Å². The number of benzene rings is 2. The molecule has 1 heterocycles. The van der Waals surface area contributed by atoms with Crippen LogP contribution in [-0.2, 0) is 39.9 Å². The maximum absolute atomic E-state index is 13.6. The van der Waals surface area contributed by atoms with Crippen LogP contribution in [-0.4, -0.2) is 66.6 Å². The number of nitrogen functional groups attached to an aromatic ring is 1. The lowest BCUT2D eigenvalue weighted by Gasteiger charge is -2.13. The second-order valence-corrected chi connectivity index (χ2v) is 12.8. The van der Waals surface area contributed by atoms with Crippen molar-refractivity contribution in [1.82, 2.24) is 9.97 Å². The quantitative estimate of drug-likeness (QED) is 0.0441. The zero-order chi connectivity index (χ0) is 33.4. The summed E-state index contributed by atoms with van der Waals surface area (Å²) in [5, 5.41) is 10.4. The molecule has 0 aliphatic heterocycles. The Morgan fingerprint density at radius 2 is 1.43 bits per heavy atom. The van der Waals surface area contributed by atoms with Gasteiger partial charge < -0.3 is 16.4 Å². The van der Waals surface area contributed by atoms with Gasteiger partial charge in [-0.25, -0.2) is 0 Å². The molecule has 0 spiro atoms. The smallest absolute Gasteiger partial charge is 0.313 e. The number of halogens is 3. The Labute approximate surface area is 250 Å². The highest BCUT2D eigenvalue weighted by atomic mass is 35.5. The molecule has 236 valence electrons. The van der Waals surface area contributed by atoms with E-state index in [-0.39, 0.29) is 5.69 Å². The number of ketones is 1. The van der Waals surface area contributed by atoms with Gasteiger partial charge in [-0.2, -0.15) is 54.2 Å². The van der Waals surface area contributed by atoms with Crippen LogP contribution in [0.4, 0.5) is 37.3 Å². The highest BCUT2D eigenvalue weighted by Gasteiger charge is 2.28. The van der Waals surface area contributed by atoms with Gasteiger partial charge in [0.15, 0.2) is 11.6 Å². The molecule has 44 heavy (non-hydrogen) atoms. The van der Waals surface area contributed by atoms with E-state index in [2.05, 4.69) is 25.5 Å². The number of carbonyl (C=O) groups is 2. The summed E-state index contributed by atoms with van der Waals surface area (Å²) < 4.78 is 126. The van der Waals surface area contributed by atoms with Gasteiger partial charge in [-0.05, 0) is 37.3 Å². The van der Waals surface area contributed by atoms with Crippen molar-refractivity contribution in [2.45, 2.75) is 27.7 Å². The van der Waals surface area contributed by atoms with Gasteiger partial charge in [-0.1, -0.05) is 11.6 Å². The summed E-state index contributed by atoms with van der Waals surface area (Å²) in [4.78, 5) is 27.5. The molecule has 7 N–H and O–H groups in total. The number of aromatic nitrogens is 2. The standard InChI is InChI=1S/C20H16ClF2N7O11S3/c1-7(31)16(19(32)26-9-5-12(43(36,37)38)15(24)13(6-9)44(39,40)41)30-29-10-3-2-8(4-11(10)42(33,34)35)25-18-14(21)17(22)27-20(23)28-18/h2-6,16H,24H2,1H3,(H,26,32)(H,25,27,28)(H,33,34,35)(H,36,37,38)(H,39,40,41)/t16-/m0/s1. The van der Waals surface area contributed by atoms with E-state index in [1.165, 1.54) is 0 Å². The van der Waals surface area contributed by atoms with Gasteiger partial charge in [0.25, 0.3) is 36.3 Å². The summed E-state index contributed by atoms with van der Waals surface area (Å²) >= 11 is 5.66. The second-order valence-electron chi connectivity index (χ2n) is 8.28. The largest absolute Gasteiger partial charge is 0.396 e. The van der Waals surface area contributed by atoms with Crippen LogP contribution >= 0.6 is 11.6 Å². The number of nitrogens with two attached hydrogens (primary N) is 1. The SMILES string of the molecule is CC(=O)[C@H](N=Nc1ccc(Nc2nc(F)nc(F)c2Cl)cc1S(=O)(=O)O)C(=O)Nc1cc(S(=O)(=O)O)c(N)c(S(=O)(=O)O)c1. The van der Waals surface area contributed by atoms with Crippen molar-refractivity contribution in [1.29, 1.82) is 0 Å². The van der Waals surface area contributed by atoms with Crippen LogP contribution < -0.4 is 16.4 Å². The minimum atomic E-state index is -5.20. The average Bonchev–Trinajstić information content (AvgIpc) is 2.86. The molecule has 2 aromatic carbocycles. The molecule has 3 rings (SSSR count). The van der Waals surface area contributed by atoms with Crippen LogP contribution in [0.1, 0.15) is 6.92 Å². The minimum absolute atomic E-state index is 0.260. The number of nitrogens with one attached hydrogen (secondary N) is 2. The lowest BCUT2D eigenvalue weighted by atomic mass is 10.2. The predicted molar refractivity (Wildman–Crippen MR) is 145 cm³/mol. The summed E-state index contributed by atoms with van der Waals surface area (Å²) in [5.41, 5.74) is 2.67. The molecule has 18 nitrogen and oxygen atoms in total. The zero-order valence-corrected chi connectivity index (χ0v) is 24.5. The van der Waals surface area contributed by atoms with E-state index in [0.29, 0.717) is 18.2 Å². The molecule has 0 aliphatic rings. The first-order valence-electron chi connectivity index (χ1n) is 11.0. The molecule has 0 unspecified atom stereocenters. The van der Waals surface area contributed by atoms with Gasteiger partial charge in [-0.15, -0.1) is 0 Å². The number of nitrogens with zero attached hydrogens (tertiary/aromatic N) is 4. The van der Waals surface area contributed by atoms with Crippen molar-refractivity contribution in [2.24, 2.45) is 10.2 Å². The lowest BCUT2D eigenvalue weighted by molar-refractivity contribution is -0.126. The molecule has 0 bridgehead atoms. The maximum atomic E-state index is 13.6. The van der Waals surface area contributed by atoms with Gasteiger partial charge in [0.1, 0.15) is 25.4 Å². The molecule has 3 aromatic rings. The van der Waals surface area contributed by atoms with E-state index in [4.69, 9.17) is 17.3 Å². The molecule has 1 amide bonds. The number of hydrogen-bond acceptors (Lipinski definition) is 14. The topological polar surface area (TPSA) is 298 Å². The fourth-order valence-electron chi connectivity index (χ4n) is 3.24. The van der Waals surface area contributed by atoms with E-state index in [1.807, 2.05) is 5.32 Å². The van der Waals surface area contributed by atoms with Gasteiger partial charge in [0.2, 0.25) is 12.0 Å². The first kappa shape index (κ1) is 34.2. The number of hydrogen-bond donors (Lipinski definition) is 6. The fourth-order valence-corrected chi connectivity index (χ4v) is 5.42. The van der Waals surface area contributed by atoms with Crippen LogP contribution in [0.2, 0.25) is 5.02 Å². The van der Waals surface area contributed by atoms with Gasteiger partial charge in [-0.3, -0.25) is 23.2 Å². The Morgan fingerprint density at radius 3 is 1.93 bits per heavy atom. The van der Waals surface area contributed by atoms with Crippen LogP contribution in [0.15, 0.2) is 55.2 Å². The molecular weight excluding hydrogens is 684 g/mol. The van der Waals surface area contributed by atoms with E-state index in [1.54, 1.807) is 0 Å². The molecule has 1 atom stereocenters. The van der Waals surface area contributed by atoms with Crippen LogP contribution in [0.25, 0.3) is 0 Å². The Morgan fingerprint density at radius 1 is 0.909 bits per heavy atom. The number of Topliss-reactive ketones (excluding diaryl/α,β-unsaturated/α-hetero) is 1. The number of amides is 1. The number of azo groups is 1. The highest BCUT2D eigenvalue weighted by Crippen LogP contribution is 2.33. The number of carbonyl (C=O) groups excluding carboxylic acids is 2. The van der Waals surface area contributed by atoms with Crippen molar-refractivity contribution in [3.8, 4) is 0 Å². The fraction of sp³-hybridized carbons (Fsp3) is 0.100. The average molecular weight is 700 g/mol. The Hall–Kier alpha value is -4.26. The molecular formula is C20H16ClF2N7O11S3. The molecule has 1 aromatic heterocycles. The Kier molecular flexibility index (Phi) is 9.64. The molecule has 0 saturated heterocycles. The summed E-state index contributed by atoms with van der Waals surface area (Å²) in [6.07, 6.45) is -1.52. The lowest BCUT2D eigenvalue weighted by Crippen LogP contribution is -2.32. The number of anilines is 4. The third-order valence-corrected chi connectivity index (χ3v) is 8.13. The maximum Gasteiger partial charge on any atom is 0.313 e. The van der Waals surface area contributed by atoms with E-state index in [0.717, 1.165) is 19.1 Å². The summed E-state index contributed by atoms with van der Waals surface area (Å²) in [5.74, 6) is -4.51. The van der Waals surface area contributed by atoms with Crippen molar-refractivity contribution in [3.05, 3.63) is 47.4 Å². The Bertz CT molecular complexity index is 2010. The number of rotatable bonds is 10. The second kappa shape index (κ2) is 12.4. The van der Waals surface area contributed by atoms with Crippen molar-refractivity contribution < 1.29 is 57.3 Å². The zero-order valence-electron chi connectivity index (χ0n) is 21.3. The van der Waals surface area contributed by atoms with Crippen molar-refractivity contribution in [3.63, 3.8) is 0 Å². The van der Waals surface area contributed by atoms with E-state index >= 15 is 0 Å². The molecule has 0 fully saturated rings. The van der Waals surface area contributed by atoms with Crippen LogP contribution in [0, 0.1) is 12.0 Å². The van der Waals surface area contributed by atoms with Crippen LogP contribution in [0.3, 0.4) is 0 Å². The predicted octanol–water partition coefficient (Wildman–Crippen LogP) is 2.15. The van der Waals surface area contributed by atoms with Crippen molar-refractivity contribution >= 4 is 82.2 Å². The molecule has 0 saturated carbocycles. The first-order valence-corrected chi connectivity index (χ1v) is 15.7. The van der Waals surface area contributed by atoms with Crippen LogP contribution in [0.5, 0.6) is 0 Å². The minimum Gasteiger partial charge on any atom is -0.396 e. The Balaban J connectivity index is 2.00. The van der Waals surface area contributed by atoms with Crippen molar-refractivity contribution in [2.75, 3.05) is 16.4 Å². The van der Waals surface area contributed by atoms with Gasteiger partial charge >= 0.3 is 6.08 Å². The normalized spacial score (nSPS) is 13.1. The molecule has 0 radical (unpaired) electrons. The van der Waals surface area contributed by atoms with E-state index < -0.39 is 103 Å². The molecule has 0 aliphatic carbocycles. The summed E-state index contributed by atoms with van der Waals surface area (Å²) in [7, 11) is -15.5. The van der Waals surface area contributed by atoms with Gasteiger partial charge in [0, 0.05) is 11.4 Å².